The molecule has 328 valence electrons. The summed E-state index contributed by atoms with van der Waals surface area (Å²) in [7, 11) is -8.11. The lowest BCUT2D eigenvalue weighted by Crippen LogP contribution is -2.48. The Bertz CT molecular complexity index is 2780. The highest BCUT2D eigenvalue weighted by Gasteiger charge is 2.33. The van der Waals surface area contributed by atoms with Crippen LogP contribution < -0.4 is 9.80 Å². The van der Waals surface area contributed by atoms with Gasteiger partial charge in [0.15, 0.2) is 10.3 Å². The summed E-state index contributed by atoms with van der Waals surface area (Å²) in [6.45, 7) is 2.13. The van der Waals surface area contributed by atoms with Crippen molar-refractivity contribution in [2.24, 2.45) is 0 Å². The molecule has 0 saturated carbocycles. The van der Waals surface area contributed by atoms with E-state index < -0.39 is 64.7 Å². The fourth-order valence-electron chi connectivity index (χ4n) is 6.71. The molecule has 4 aromatic carbocycles. The van der Waals surface area contributed by atoms with E-state index in [9.17, 15) is 43.2 Å². The van der Waals surface area contributed by atoms with Crippen molar-refractivity contribution in [2.45, 2.75) is 22.6 Å². The number of anilines is 2. The van der Waals surface area contributed by atoms with Crippen molar-refractivity contribution < 1.29 is 43.2 Å². The van der Waals surface area contributed by atoms with Gasteiger partial charge in [0.1, 0.15) is 44.7 Å². The van der Waals surface area contributed by atoms with Gasteiger partial charge in [0.05, 0.1) is 16.4 Å². The molecule has 0 amide bonds. The lowest BCUT2D eigenvalue weighted by molar-refractivity contribution is 0.381. The van der Waals surface area contributed by atoms with E-state index in [1.807, 2.05) is 20.6 Å². The first-order chi connectivity index (χ1) is 29.5. The van der Waals surface area contributed by atoms with Crippen molar-refractivity contribution >= 4 is 76.2 Å². The second-order valence-corrected chi connectivity index (χ2v) is 20.4. The molecule has 4 heterocycles. The Balaban J connectivity index is 0.000000186. The summed E-state index contributed by atoms with van der Waals surface area (Å²) in [5.41, 5.74) is 3.09. The number of hydrogen-bond acceptors (Lipinski definition) is 10. The molecule has 0 radical (unpaired) electrons. The van der Waals surface area contributed by atoms with Gasteiger partial charge in [-0.25, -0.2) is 53.1 Å². The molecule has 2 aliphatic heterocycles. The molecule has 2 aliphatic rings. The maximum absolute atomic E-state index is 14.0. The highest BCUT2D eigenvalue weighted by Crippen LogP contribution is 2.29. The molecule has 6 aromatic rings. The molecule has 0 bridgehead atoms. The van der Waals surface area contributed by atoms with E-state index in [2.05, 4.69) is 9.97 Å². The van der Waals surface area contributed by atoms with Gasteiger partial charge >= 0.3 is 0 Å². The van der Waals surface area contributed by atoms with Crippen LogP contribution in [-0.4, -0.2) is 87.8 Å². The third-order valence-electron chi connectivity index (χ3n) is 9.80. The van der Waals surface area contributed by atoms with Crippen LogP contribution >= 0.6 is 45.9 Å². The smallest absolute Gasteiger partial charge is 0.246 e. The summed E-state index contributed by atoms with van der Waals surface area (Å²) in [5, 5.41) is 5.60. The number of halogens is 8. The number of thiazole rings is 2. The van der Waals surface area contributed by atoms with E-state index in [-0.39, 0.29) is 31.2 Å². The quantitative estimate of drug-likeness (QED) is 0.126. The maximum atomic E-state index is 14.0. The Morgan fingerprint density at radius 2 is 0.984 bits per heavy atom. The van der Waals surface area contributed by atoms with Crippen LogP contribution in [0.4, 0.5) is 36.6 Å². The zero-order valence-electron chi connectivity index (χ0n) is 32.1. The van der Waals surface area contributed by atoms with E-state index in [1.165, 1.54) is 49.5 Å². The Labute approximate surface area is 371 Å². The second-order valence-electron chi connectivity index (χ2n) is 14.1. The van der Waals surface area contributed by atoms with E-state index in [0.29, 0.717) is 61.7 Å². The lowest BCUT2D eigenvalue weighted by atomic mass is 10.1. The van der Waals surface area contributed by atoms with Gasteiger partial charge in [0.2, 0.25) is 20.0 Å². The Morgan fingerprint density at radius 3 is 1.42 bits per heavy atom. The number of piperazine rings is 2. The van der Waals surface area contributed by atoms with Crippen LogP contribution in [0.3, 0.4) is 0 Å². The standard InChI is InChI=1S/2C20H17ClF3N3O2S2/c21-16-10-13(1-3-17(16)23)9-15-12-30-20(25-15)26-5-7-27(8-6-26)31(28,29)19-4-2-14(22)11-18(19)24;21-14-7-13(8-16(23)10-14)9-17-12-30-20(25-17)26-3-5-27(6-4-26)31(28,29)19-2-1-15(22)11-18(19)24/h1-4,10-12H,5-9H2;1-2,7-8,10-12H,3-6,9H2. The Kier molecular flexibility index (Phi) is 14.2. The SMILES string of the molecule is O=S(=O)(c1ccc(F)cc1F)N1CCN(c2nc(Cc3cc(F)cc(Cl)c3)cs2)CC1.O=S(=O)(c1ccc(F)cc1F)N1CCN(c2nc(Cc3ccc(F)c(Cl)c3)cs2)CC1. The molecule has 0 spiro atoms. The lowest BCUT2D eigenvalue weighted by Gasteiger charge is -2.33. The molecule has 10 nitrogen and oxygen atoms in total. The van der Waals surface area contributed by atoms with Crippen LogP contribution in [-0.2, 0) is 32.9 Å². The average Bonchev–Trinajstić information content (AvgIpc) is 3.89. The summed E-state index contributed by atoms with van der Waals surface area (Å²) in [6.07, 6.45) is 0.918. The highest BCUT2D eigenvalue weighted by atomic mass is 35.5. The first-order valence-electron chi connectivity index (χ1n) is 18.6. The Hall–Kier alpha value is -4.28. The minimum Gasteiger partial charge on any atom is -0.345 e. The number of aromatic nitrogens is 2. The van der Waals surface area contributed by atoms with Gasteiger partial charge in [0.25, 0.3) is 0 Å². The molecule has 2 saturated heterocycles. The van der Waals surface area contributed by atoms with Gasteiger partial charge < -0.3 is 9.80 Å². The van der Waals surface area contributed by atoms with Crippen LogP contribution in [0.2, 0.25) is 10.0 Å². The second kappa shape index (κ2) is 19.2. The van der Waals surface area contributed by atoms with Crippen molar-refractivity contribution in [3.05, 3.63) is 151 Å². The molecule has 2 fully saturated rings. The first kappa shape index (κ1) is 45.7. The third kappa shape index (κ3) is 10.7. The molecular weight excluding hydrogens is 942 g/mol. The van der Waals surface area contributed by atoms with Crippen molar-refractivity contribution in [3.63, 3.8) is 0 Å². The van der Waals surface area contributed by atoms with Crippen LogP contribution in [0, 0.1) is 34.9 Å². The Morgan fingerprint density at radius 1 is 0.516 bits per heavy atom. The van der Waals surface area contributed by atoms with Gasteiger partial charge in [-0.1, -0.05) is 29.3 Å². The van der Waals surface area contributed by atoms with E-state index >= 15 is 0 Å². The fraction of sp³-hybridized carbons (Fsp3) is 0.250. The molecule has 0 N–H and O–H groups in total. The van der Waals surface area contributed by atoms with Crippen LogP contribution in [0.25, 0.3) is 0 Å². The predicted molar refractivity (Wildman–Crippen MR) is 227 cm³/mol. The maximum Gasteiger partial charge on any atom is 0.246 e. The number of benzene rings is 4. The first-order valence-corrected chi connectivity index (χ1v) is 24.0. The molecule has 0 atom stereocenters. The van der Waals surface area contributed by atoms with Gasteiger partial charge in [-0.2, -0.15) is 8.61 Å². The minimum atomic E-state index is -4.06. The van der Waals surface area contributed by atoms with Gasteiger partial charge in [-0.05, 0) is 65.7 Å². The summed E-state index contributed by atoms with van der Waals surface area (Å²) >= 11 is 14.6. The van der Waals surface area contributed by atoms with Crippen LogP contribution in [0.1, 0.15) is 22.5 Å². The van der Waals surface area contributed by atoms with Gasteiger partial charge in [-0.15, -0.1) is 22.7 Å². The number of nitrogens with zero attached hydrogens (tertiary/aromatic N) is 6. The van der Waals surface area contributed by atoms with Crippen molar-refractivity contribution in [1.82, 2.24) is 18.6 Å². The highest BCUT2D eigenvalue weighted by molar-refractivity contribution is 7.89. The summed E-state index contributed by atoms with van der Waals surface area (Å²) in [6, 6.07) is 13.7. The summed E-state index contributed by atoms with van der Waals surface area (Å²) < 4.78 is 134. The van der Waals surface area contributed by atoms with E-state index in [4.69, 9.17) is 23.2 Å². The predicted octanol–water partition coefficient (Wildman–Crippen LogP) is 8.63. The normalized spacial score (nSPS) is 15.4. The number of hydrogen-bond donors (Lipinski definition) is 0. The fourth-order valence-corrected chi connectivity index (χ4v) is 11.9. The zero-order valence-corrected chi connectivity index (χ0v) is 36.9. The molecular formula is C40H34Cl2F6N6O4S4. The molecule has 22 heteroatoms. The molecule has 0 aliphatic carbocycles. The topological polar surface area (TPSA) is 107 Å². The molecule has 2 aromatic heterocycles. The largest absolute Gasteiger partial charge is 0.345 e. The van der Waals surface area contributed by atoms with Gasteiger partial charge in [-0.3, -0.25) is 0 Å². The summed E-state index contributed by atoms with van der Waals surface area (Å²) in [4.78, 5) is 12.0. The number of rotatable bonds is 10. The van der Waals surface area contributed by atoms with E-state index in [0.717, 1.165) is 51.5 Å². The minimum absolute atomic E-state index is 0.0582. The average molecular weight is 976 g/mol. The third-order valence-corrected chi connectivity index (χ3v) is 16.1. The van der Waals surface area contributed by atoms with Crippen molar-refractivity contribution in [3.8, 4) is 0 Å². The van der Waals surface area contributed by atoms with Crippen molar-refractivity contribution in [1.29, 1.82) is 0 Å². The van der Waals surface area contributed by atoms with Gasteiger partial charge in [0, 0.05) is 93.1 Å². The van der Waals surface area contributed by atoms with Crippen LogP contribution in [0.15, 0.2) is 93.3 Å². The zero-order chi connectivity index (χ0) is 44.3. The molecule has 0 unspecified atom stereocenters. The number of sulfonamides is 2. The monoisotopic (exact) mass is 974 g/mol. The van der Waals surface area contributed by atoms with Crippen LogP contribution in [0.5, 0.6) is 0 Å². The molecule has 62 heavy (non-hydrogen) atoms. The summed E-state index contributed by atoms with van der Waals surface area (Å²) in [5.74, 6) is -4.76. The van der Waals surface area contributed by atoms with E-state index in [1.54, 1.807) is 18.2 Å². The molecule has 8 rings (SSSR count). The van der Waals surface area contributed by atoms with Crippen molar-refractivity contribution in [2.75, 3.05) is 62.2 Å².